The summed E-state index contributed by atoms with van der Waals surface area (Å²) in [7, 11) is 0. The summed E-state index contributed by atoms with van der Waals surface area (Å²) in [5.41, 5.74) is 0.781. The summed E-state index contributed by atoms with van der Waals surface area (Å²) in [4.78, 5) is 29.6. The minimum Gasteiger partial charge on any atom is -0.480 e. The number of carbonyl (C=O) groups excluding carboxylic acids is 1. The number of nitrogens with zero attached hydrogens (tertiary/aromatic N) is 2. The Hall–Kier alpha value is -1.73. The standard InChI is InChI=1S/C15H16N2O3S2/c1-2-3-6-11(14(19)20)17-13(18)12(22-15(17)21)8-10-5-4-7-16-9-10/h4-5,7-9,11H,2-3,6H2,1H3,(H,19,20)/b12-8+/t11-/m0/s1. The Morgan fingerprint density at radius 2 is 2.36 bits per heavy atom. The van der Waals surface area contributed by atoms with Crippen molar-refractivity contribution in [2.24, 2.45) is 0 Å². The minimum absolute atomic E-state index is 0.295. The average molecular weight is 336 g/mol. The number of hydrogen-bond acceptors (Lipinski definition) is 5. The van der Waals surface area contributed by atoms with Crippen molar-refractivity contribution in [2.75, 3.05) is 0 Å². The Bertz CT molecular complexity index is 616. The van der Waals surface area contributed by atoms with E-state index in [0.717, 1.165) is 30.2 Å². The minimum atomic E-state index is -1.02. The topological polar surface area (TPSA) is 70.5 Å². The SMILES string of the molecule is CCCC[C@@H](C(=O)O)N1C(=O)/C(=C\c2cccnc2)SC1=S. The normalized spacial score (nSPS) is 18.0. The second-order valence-electron chi connectivity index (χ2n) is 4.83. The van der Waals surface area contributed by atoms with Gasteiger partial charge in [0.2, 0.25) is 0 Å². The number of rotatable bonds is 6. The quantitative estimate of drug-likeness (QED) is 0.636. The van der Waals surface area contributed by atoms with E-state index < -0.39 is 12.0 Å². The number of thioether (sulfide) groups is 1. The summed E-state index contributed by atoms with van der Waals surface area (Å²) >= 11 is 6.34. The molecule has 0 spiro atoms. The van der Waals surface area contributed by atoms with Gasteiger partial charge < -0.3 is 5.11 Å². The summed E-state index contributed by atoms with van der Waals surface area (Å²) in [6, 6.07) is 2.70. The number of unbranched alkanes of at least 4 members (excludes halogenated alkanes) is 1. The van der Waals surface area contributed by atoms with Gasteiger partial charge in [-0.2, -0.15) is 0 Å². The molecule has 0 aromatic carbocycles. The third kappa shape index (κ3) is 3.72. The highest BCUT2D eigenvalue weighted by atomic mass is 32.2. The Morgan fingerprint density at radius 3 is 2.95 bits per heavy atom. The first-order valence-corrected chi connectivity index (χ1v) is 8.17. The molecule has 1 saturated heterocycles. The summed E-state index contributed by atoms with van der Waals surface area (Å²) in [5.74, 6) is -1.37. The fourth-order valence-electron chi connectivity index (χ4n) is 2.12. The maximum atomic E-state index is 12.5. The number of carboxylic acids is 1. The Balaban J connectivity index is 2.24. The monoisotopic (exact) mass is 336 g/mol. The molecule has 0 bridgehead atoms. The number of pyridine rings is 1. The van der Waals surface area contributed by atoms with Crippen molar-refractivity contribution in [3.8, 4) is 0 Å². The zero-order valence-corrected chi connectivity index (χ0v) is 13.7. The summed E-state index contributed by atoms with van der Waals surface area (Å²) < 4.78 is 0.295. The van der Waals surface area contributed by atoms with Gasteiger partial charge in [0.15, 0.2) is 0 Å². The largest absolute Gasteiger partial charge is 0.480 e. The predicted molar refractivity (Wildman–Crippen MR) is 90.2 cm³/mol. The van der Waals surface area contributed by atoms with Crippen molar-refractivity contribution in [3.05, 3.63) is 35.0 Å². The van der Waals surface area contributed by atoms with Gasteiger partial charge in [-0.15, -0.1) is 0 Å². The van der Waals surface area contributed by atoms with Crippen LogP contribution in [0.2, 0.25) is 0 Å². The molecule has 1 aliphatic rings. The fraction of sp³-hybridized carbons (Fsp3) is 0.333. The highest BCUT2D eigenvalue weighted by Crippen LogP contribution is 2.34. The molecule has 1 aromatic rings. The number of carbonyl (C=O) groups is 2. The molecule has 116 valence electrons. The molecule has 1 atom stereocenters. The van der Waals surface area contributed by atoms with Crippen LogP contribution < -0.4 is 0 Å². The van der Waals surface area contributed by atoms with Crippen LogP contribution >= 0.6 is 24.0 Å². The van der Waals surface area contributed by atoms with Gasteiger partial charge in [0.25, 0.3) is 5.91 Å². The molecular formula is C15H16N2O3S2. The van der Waals surface area contributed by atoms with Crippen LogP contribution in [0.4, 0.5) is 0 Å². The number of hydrogen-bond donors (Lipinski definition) is 1. The van der Waals surface area contributed by atoms with Crippen LogP contribution in [0.3, 0.4) is 0 Å². The van der Waals surface area contributed by atoms with Crippen LogP contribution in [-0.2, 0) is 9.59 Å². The maximum absolute atomic E-state index is 12.5. The van der Waals surface area contributed by atoms with E-state index in [-0.39, 0.29) is 5.91 Å². The molecule has 5 nitrogen and oxygen atoms in total. The van der Waals surface area contributed by atoms with Gasteiger partial charge in [0, 0.05) is 12.4 Å². The molecule has 1 aliphatic heterocycles. The van der Waals surface area contributed by atoms with Gasteiger partial charge in [0.1, 0.15) is 10.4 Å². The molecule has 0 radical (unpaired) electrons. The third-order valence-corrected chi connectivity index (χ3v) is 4.56. The lowest BCUT2D eigenvalue weighted by Crippen LogP contribution is -2.43. The number of amides is 1. The number of carboxylic acid groups (broad SMARTS) is 1. The van der Waals surface area contributed by atoms with Gasteiger partial charge in [-0.05, 0) is 24.1 Å². The Kier molecular flexibility index (Phi) is 5.68. The highest BCUT2D eigenvalue weighted by molar-refractivity contribution is 8.26. The highest BCUT2D eigenvalue weighted by Gasteiger charge is 2.40. The van der Waals surface area contributed by atoms with E-state index in [1.165, 1.54) is 4.90 Å². The lowest BCUT2D eigenvalue weighted by Gasteiger charge is -2.22. The van der Waals surface area contributed by atoms with Crippen molar-refractivity contribution in [2.45, 2.75) is 32.2 Å². The zero-order valence-electron chi connectivity index (χ0n) is 12.1. The van der Waals surface area contributed by atoms with Crippen molar-refractivity contribution in [1.29, 1.82) is 0 Å². The summed E-state index contributed by atoms with van der Waals surface area (Å²) in [6.07, 6.45) is 6.97. The maximum Gasteiger partial charge on any atom is 0.326 e. The van der Waals surface area contributed by atoms with Crippen LogP contribution in [0.5, 0.6) is 0 Å². The molecule has 2 heterocycles. The third-order valence-electron chi connectivity index (χ3n) is 3.23. The van der Waals surface area contributed by atoms with Crippen LogP contribution in [0.1, 0.15) is 31.7 Å². The zero-order chi connectivity index (χ0) is 16.1. The van der Waals surface area contributed by atoms with E-state index in [2.05, 4.69) is 4.98 Å². The molecule has 1 amide bonds. The first-order valence-electron chi connectivity index (χ1n) is 6.94. The van der Waals surface area contributed by atoms with Crippen LogP contribution in [0.25, 0.3) is 6.08 Å². The van der Waals surface area contributed by atoms with E-state index in [0.29, 0.717) is 15.6 Å². The van der Waals surface area contributed by atoms with Crippen LogP contribution in [-0.4, -0.2) is 37.2 Å². The Morgan fingerprint density at radius 1 is 1.59 bits per heavy atom. The van der Waals surface area contributed by atoms with E-state index >= 15 is 0 Å². The van der Waals surface area contributed by atoms with E-state index in [1.54, 1.807) is 24.5 Å². The molecule has 0 aliphatic carbocycles. The number of aliphatic carboxylic acids is 1. The first-order chi connectivity index (χ1) is 10.5. The molecule has 1 aromatic heterocycles. The molecule has 0 unspecified atom stereocenters. The molecule has 7 heteroatoms. The predicted octanol–water partition coefficient (Wildman–Crippen LogP) is 2.93. The van der Waals surface area contributed by atoms with Crippen molar-refractivity contribution in [3.63, 3.8) is 0 Å². The molecule has 22 heavy (non-hydrogen) atoms. The first kappa shape index (κ1) is 16.6. The van der Waals surface area contributed by atoms with E-state index in [1.807, 2.05) is 13.0 Å². The molecular weight excluding hydrogens is 320 g/mol. The van der Waals surface area contributed by atoms with E-state index in [4.69, 9.17) is 12.2 Å². The molecule has 1 N–H and O–H groups in total. The van der Waals surface area contributed by atoms with Gasteiger partial charge >= 0.3 is 5.97 Å². The molecule has 1 fully saturated rings. The van der Waals surface area contributed by atoms with Crippen LogP contribution in [0.15, 0.2) is 29.4 Å². The lowest BCUT2D eigenvalue weighted by atomic mass is 10.1. The van der Waals surface area contributed by atoms with Gasteiger partial charge in [-0.25, -0.2) is 4.79 Å². The van der Waals surface area contributed by atoms with Crippen LogP contribution in [0, 0.1) is 0 Å². The lowest BCUT2D eigenvalue weighted by molar-refractivity contribution is -0.145. The summed E-state index contributed by atoms with van der Waals surface area (Å²) in [5, 5.41) is 9.38. The second-order valence-corrected chi connectivity index (χ2v) is 6.51. The van der Waals surface area contributed by atoms with Gasteiger partial charge in [-0.1, -0.05) is 49.8 Å². The summed E-state index contributed by atoms with van der Waals surface area (Å²) in [6.45, 7) is 1.98. The van der Waals surface area contributed by atoms with Gasteiger partial charge in [0.05, 0.1) is 4.91 Å². The fourth-order valence-corrected chi connectivity index (χ4v) is 3.48. The van der Waals surface area contributed by atoms with Crippen molar-refractivity contribution < 1.29 is 14.7 Å². The van der Waals surface area contributed by atoms with Gasteiger partial charge in [-0.3, -0.25) is 14.7 Å². The van der Waals surface area contributed by atoms with E-state index in [9.17, 15) is 14.7 Å². The smallest absolute Gasteiger partial charge is 0.326 e. The number of aromatic nitrogens is 1. The van der Waals surface area contributed by atoms with Crippen molar-refractivity contribution >= 4 is 46.3 Å². The molecule has 0 saturated carbocycles. The molecule has 2 rings (SSSR count). The van der Waals surface area contributed by atoms with Crippen molar-refractivity contribution in [1.82, 2.24) is 9.88 Å². The Labute approximate surface area is 138 Å². The number of thiocarbonyl (C=S) groups is 1. The average Bonchev–Trinajstić information content (AvgIpc) is 2.76. The second kappa shape index (κ2) is 7.51.